The first-order chi connectivity index (χ1) is 10.7. The van der Waals surface area contributed by atoms with Gasteiger partial charge in [-0.15, -0.1) is 0 Å². The number of ether oxygens (including phenoxy) is 2. The molecule has 1 aliphatic carbocycles. The lowest BCUT2D eigenvalue weighted by Gasteiger charge is -2.23. The third-order valence-corrected chi connectivity index (χ3v) is 4.53. The largest absolute Gasteiger partial charge is 0.493 e. The van der Waals surface area contributed by atoms with Crippen LogP contribution in [0.5, 0.6) is 11.5 Å². The van der Waals surface area contributed by atoms with Gasteiger partial charge in [0.25, 0.3) is 0 Å². The molecule has 1 amide bonds. The first kappa shape index (κ1) is 15.2. The van der Waals surface area contributed by atoms with E-state index < -0.39 is 0 Å². The van der Waals surface area contributed by atoms with Crippen molar-refractivity contribution in [3.05, 3.63) is 23.8 Å². The van der Waals surface area contributed by atoms with Crippen LogP contribution in [0.1, 0.15) is 50.6 Å². The van der Waals surface area contributed by atoms with E-state index in [2.05, 4.69) is 5.43 Å². The second kappa shape index (κ2) is 6.57. The van der Waals surface area contributed by atoms with E-state index in [-0.39, 0.29) is 18.1 Å². The quantitative estimate of drug-likeness (QED) is 0.909. The van der Waals surface area contributed by atoms with E-state index in [1.54, 1.807) is 7.11 Å². The molecule has 1 atom stereocenters. The summed E-state index contributed by atoms with van der Waals surface area (Å²) in [5.41, 5.74) is 3.99. The predicted octanol–water partition coefficient (Wildman–Crippen LogP) is 2.81. The Hall–Kier alpha value is -1.75. The Morgan fingerprint density at radius 1 is 1.27 bits per heavy atom. The average molecular weight is 304 g/mol. The number of amides is 1. The molecule has 1 aromatic carbocycles. The number of nitrogens with zero attached hydrogens (tertiary/aromatic N) is 1. The Kier molecular flexibility index (Phi) is 4.52. The van der Waals surface area contributed by atoms with Gasteiger partial charge in [0.2, 0.25) is 5.91 Å². The van der Waals surface area contributed by atoms with Crippen LogP contribution in [0.4, 0.5) is 0 Å². The summed E-state index contributed by atoms with van der Waals surface area (Å²) in [4.78, 5) is 11.7. The second-order valence-corrected chi connectivity index (χ2v) is 5.98. The zero-order valence-electron chi connectivity index (χ0n) is 13.3. The van der Waals surface area contributed by atoms with Gasteiger partial charge in [0.15, 0.2) is 11.5 Å². The molecule has 5 heteroatoms. The summed E-state index contributed by atoms with van der Waals surface area (Å²) in [6.45, 7) is 2.82. The fourth-order valence-corrected chi connectivity index (χ4v) is 3.35. The second-order valence-electron chi connectivity index (χ2n) is 5.98. The van der Waals surface area contributed by atoms with Gasteiger partial charge in [0, 0.05) is 13.0 Å². The van der Waals surface area contributed by atoms with Gasteiger partial charge in [-0.3, -0.25) is 10.2 Å². The zero-order valence-corrected chi connectivity index (χ0v) is 13.3. The monoisotopic (exact) mass is 304 g/mol. The number of carbonyl (C=O) groups is 1. The minimum atomic E-state index is 0.0642. The Labute approximate surface area is 131 Å². The highest BCUT2D eigenvalue weighted by Crippen LogP contribution is 2.36. The predicted molar refractivity (Wildman–Crippen MR) is 83.8 cm³/mol. The highest BCUT2D eigenvalue weighted by atomic mass is 16.5. The zero-order chi connectivity index (χ0) is 15.5. The van der Waals surface area contributed by atoms with Crippen molar-refractivity contribution in [3.8, 4) is 11.5 Å². The molecular weight excluding hydrogens is 280 g/mol. The molecule has 120 valence electrons. The lowest BCUT2D eigenvalue weighted by atomic mass is 10.0. The summed E-state index contributed by atoms with van der Waals surface area (Å²) in [5, 5.41) is 1.98. The third-order valence-electron chi connectivity index (χ3n) is 4.53. The summed E-state index contributed by atoms with van der Waals surface area (Å²) in [7, 11) is 1.66. The minimum Gasteiger partial charge on any atom is -0.493 e. The van der Waals surface area contributed by atoms with E-state index in [1.165, 1.54) is 12.8 Å². The molecule has 3 rings (SSSR count). The maximum absolute atomic E-state index is 11.7. The first-order valence-electron chi connectivity index (χ1n) is 8.12. The van der Waals surface area contributed by atoms with Crippen LogP contribution in [0.15, 0.2) is 18.2 Å². The number of nitrogens with one attached hydrogen (secondary N) is 1. The number of benzene rings is 1. The summed E-state index contributed by atoms with van der Waals surface area (Å²) < 4.78 is 11.6. The van der Waals surface area contributed by atoms with E-state index in [0.717, 1.165) is 36.4 Å². The number of carbonyl (C=O) groups excluding carboxylic acids is 1. The first-order valence-corrected chi connectivity index (χ1v) is 8.12. The Balaban J connectivity index is 1.84. The van der Waals surface area contributed by atoms with Crippen LogP contribution in [-0.4, -0.2) is 30.7 Å². The molecule has 1 heterocycles. The van der Waals surface area contributed by atoms with Crippen molar-refractivity contribution in [2.24, 2.45) is 0 Å². The van der Waals surface area contributed by atoms with E-state index in [4.69, 9.17) is 9.47 Å². The van der Waals surface area contributed by atoms with E-state index in [1.807, 2.05) is 30.1 Å². The number of hydrogen-bond acceptors (Lipinski definition) is 4. The van der Waals surface area contributed by atoms with Gasteiger partial charge < -0.3 is 9.47 Å². The number of methoxy groups -OCH3 is 1. The summed E-state index contributed by atoms with van der Waals surface area (Å²) in [6.07, 6.45) is 5.46. The van der Waals surface area contributed by atoms with Crippen LogP contribution in [0.3, 0.4) is 0 Å². The van der Waals surface area contributed by atoms with Crippen molar-refractivity contribution >= 4 is 5.91 Å². The van der Waals surface area contributed by atoms with Gasteiger partial charge in [-0.25, -0.2) is 5.01 Å². The van der Waals surface area contributed by atoms with Crippen molar-refractivity contribution in [1.82, 2.24) is 10.4 Å². The molecular formula is C17H24N2O3. The highest BCUT2D eigenvalue weighted by molar-refractivity contribution is 5.78. The molecule has 1 saturated carbocycles. The molecule has 1 aromatic rings. The number of hydrogen-bond donors (Lipinski definition) is 1. The van der Waals surface area contributed by atoms with E-state index >= 15 is 0 Å². The maximum Gasteiger partial charge on any atom is 0.236 e. The normalized spacial score (nSPS) is 22.8. The minimum absolute atomic E-state index is 0.0642. The molecule has 1 unspecified atom stereocenters. The number of hydrazine groups is 1. The lowest BCUT2D eigenvalue weighted by Crippen LogP contribution is -2.34. The molecule has 1 saturated heterocycles. The summed E-state index contributed by atoms with van der Waals surface area (Å²) >= 11 is 0. The van der Waals surface area contributed by atoms with Crippen molar-refractivity contribution in [1.29, 1.82) is 0 Å². The molecule has 0 radical (unpaired) electrons. The van der Waals surface area contributed by atoms with Gasteiger partial charge in [-0.2, -0.15) is 0 Å². The molecule has 5 nitrogen and oxygen atoms in total. The fraction of sp³-hybridized carbons (Fsp3) is 0.588. The van der Waals surface area contributed by atoms with E-state index in [0.29, 0.717) is 6.42 Å². The van der Waals surface area contributed by atoms with Crippen LogP contribution in [-0.2, 0) is 4.79 Å². The van der Waals surface area contributed by atoms with Crippen LogP contribution >= 0.6 is 0 Å². The maximum atomic E-state index is 11.7. The molecule has 0 spiro atoms. The van der Waals surface area contributed by atoms with Gasteiger partial charge in [0.05, 0.1) is 19.3 Å². The third kappa shape index (κ3) is 3.04. The van der Waals surface area contributed by atoms with Gasteiger partial charge in [-0.1, -0.05) is 13.0 Å². The molecule has 0 aromatic heterocycles. The fourth-order valence-electron chi connectivity index (χ4n) is 3.35. The molecule has 22 heavy (non-hydrogen) atoms. The Bertz CT molecular complexity index is 541. The van der Waals surface area contributed by atoms with Crippen molar-refractivity contribution in [3.63, 3.8) is 0 Å². The topological polar surface area (TPSA) is 50.8 Å². The number of rotatable bonds is 5. The molecule has 0 bridgehead atoms. The molecule has 1 aliphatic heterocycles. The lowest BCUT2D eigenvalue weighted by molar-refractivity contribution is -0.120. The highest BCUT2D eigenvalue weighted by Gasteiger charge is 2.31. The van der Waals surface area contributed by atoms with Gasteiger partial charge >= 0.3 is 0 Å². The van der Waals surface area contributed by atoms with Crippen molar-refractivity contribution in [2.45, 2.75) is 51.2 Å². The average Bonchev–Trinajstić information content (AvgIpc) is 3.16. The van der Waals surface area contributed by atoms with Gasteiger partial charge in [-0.05, 0) is 43.4 Å². The molecule has 1 N–H and O–H groups in total. The van der Waals surface area contributed by atoms with Crippen molar-refractivity contribution in [2.75, 3.05) is 13.7 Å². The Morgan fingerprint density at radius 2 is 2.05 bits per heavy atom. The van der Waals surface area contributed by atoms with Crippen LogP contribution < -0.4 is 14.9 Å². The van der Waals surface area contributed by atoms with Crippen molar-refractivity contribution < 1.29 is 14.3 Å². The van der Waals surface area contributed by atoms with Crippen LogP contribution in [0.25, 0.3) is 0 Å². The smallest absolute Gasteiger partial charge is 0.236 e. The van der Waals surface area contributed by atoms with E-state index in [9.17, 15) is 4.79 Å². The standard InChI is InChI=1S/C17H24N2O3/c1-3-19-14(11-17(20)18-19)12-8-9-15(21-2)16(10-12)22-13-6-4-5-7-13/h8-10,13-14H,3-7,11H2,1-2H3,(H,18,20). The van der Waals surface area contributed by atoms with Gasteiger partial charge in [0.1, 0.15) is 0 Å². The van der Waals surface area contributed by atoms with Crippen LogP contribution in [0, 0.1) is 0 Å². The molecule has 2 aliphatic rings. The van der Waals surface area contributed by atoms with Crippen LogP contribution in [0.2, 0.25) is 0 Å². The summed E-state index contributed by atoms with van der Waals surface area (Å²) in [6, 6.07) is 6.06. The SMILES string of the molecule is CCN1NC(=O)CC1c1ccc(OC)c(OC2CCCC2)c1. The molecule has 2 fully saturated rings. The summed E-state index contributed by atoms with van der Waals surface area (Å²) in [5.74, 6) is 1.62. The Morgan fingerprint density at radius 3 is 2.73 bits per heavy atom.